The molecule has 3 aromatic rings. The van der Waals surface area contributed by atoms with E-state index < -0.39 is 10.0 Å². The lowest BCUT2D eigenvalue weighted by Gasteiger charge is -2.05. The Morgan fingerprint density at radius 1 is 1.26 bits per heavy atom. The number of nitrogens with zero attached hydrogens (tertiary/aromatic N) is 3. The van der Waals surface area contributed by atoms with E-state index >= 15 is 0 Å². The number of hydrogen-bond donors (Lipinski definition) is 1. The van der Waals surface area contributed by atoms with Crippen molar-refractivity contribution in [3.05, 3.63) is 27.9 Å². The zero-order chi connectivity index (χ0) is 19.6. The van der Waals surface area contributed by atoms with Crippen molar-refractivity contribution in [1.29, 1.82) is 0 Å². The molecule has 0 radical (unpaired) electrons. The zero-order valence-electron chi connectivity index (χ0n) is 15.1. The topological polar surface area (TPSA) is 94.0 Å². The fraction of sp³-hybridized carbons (Fsp3) is 0.438. The van der Waals surface area contributed by atoms with E-state index in [0.717, 1.165) is 33.4 Å². The van der Waals surface area contributed by atoms with Crippen LogP contribution >= 0.6 is 34.4 Å². The van der Waals surface area contributed by atoms with E-state index in [9.17, 15) is 13.2 Å². The molecule has 11 heteroatoms. The van der Waals surface area contributed by atoms with Crippen LogP contribution < -0.4 is 9.60 Å². The summed E-state index contributed by atoms with van der Waals surface area (Å²) in [6.45, 7) is 6.82. The predicted molar refractivity (Wildman–Crippen MR) is 113 cm³/mol. The molecule has 0 unspecified atom stereocenters. The van der Waals surface area contributed by atoms with Crippen molar-refractivity contribution >= 4 is 59.8 Å². The summed E-state index contributed by atoms with van der Waals surface area (Å²) in [5.41, 5.74) is 0.758. The van der Waals surface area contributed by atoms with Crippen LogP contribution in [0.2, 0.25) is 0 Å². The lowest BCUT2D eigenvalue weighted by molar-refractivity contribution is 0.601. The number of anilines is 1. The summed E-state index contributed by atoms with van der Waals surface area (Å²) in [6, 6.07) is 4.73. The molecule has 2 heterocycles. The number of fused-ring (bicyclic) bond motifs is 1. The van der Waals surface area contributed by atoms with Crippen LogP contribution in [-0.2, 0) is 16.6 Å². The molecule has 0 atom stereocenters. The number of aromatic nitrogens is 3. The lowest BCUT2D eigenvalue weighted by Crippen LogP contribution is -2.13. The van der Waals surface area contributed by atoms with E-state index in [4.69, 9.17) is 0 Å². The first kappa shape index (κ1) is 20.3. The van der Waals surface area contributed by atoms with Crippen molar-refractivity contribution in [2.75, 3.05) is 10.5 Å². The fourth-order valence-corrected chi connectivity index (χ4v) is 6.39. The molecule has 146 valence electrons. The number of rotatable bonds is 8. The molecule has 7 nitrogen and oxygen atoms in total. The summed E-state index contributed by atoms with van der Waals surface area (Å²) in [6.07, 6.45) is 0.835. The molecule has 1 aromatic carbocycles. The maximum absolute atomic E-state index is 12.7. The van der Waals surface area contributed by atoms with Crippen LogP contribution in [0.4, 0.5) is 5.13 Å². The van der Waals surface area contributed by atoms with E-state index in [0.29, 0.717) is 17.2 Å². The van der Waals surface area contributed by atoms with Crippen molar-refractivity contribution in [3.63, 3.8) is 0 Å². The van der Waals surface area contributed by atoms with Gasteiger partial charge in [0.25, 0.3) is 10.0 Å². The molecule has 0 bridgehead atoms. The van der Waals surface area contributed by atoms with Gasteiger partial charge in [0.05, 0.1) is 15.1 Å². The number of nitrogens with one attached hydrogen (secondary N) is 1. The van der Waals surface area contributed by atoms with Crippen molar-refractivity contribution in [2.24, 2.45) is 5.92 Å². The van der Waals surface area contributed by atoms with Crippen molar-refractivity contribution < 1.29 is 8.42 Å². The minimum Gasteiger partial charge on any atom is -0.299 e. The summed E-state index contributed by atoms with van der Waals surface area (Å²) in [4.78, 5) is 12.1. The van der Waals surface area contributed by atoms with E-state index in [2.05, 4.69) is 28.8 Å². The Kier molecular flexibility index (Phi) is 6.24. The summed E-state index contributed by atoms with van der Waals surface area (Å²) in [5, 5.41) is 8.16. The first-order valence-electron chi connectivity index (χ1n) is 8.42. The Morgan fingerprint density at radius 2 is 2.04 bits per heavy atom. The number of sulfonamides is 1. The molecule has 27 heavy (non-hydrogen) atoms. The maximum Gasteiger partial charge on any atom is 0.308 e. The Labute approximate surface area is 169 Å². The molecule has 0 spiro atoms. The number of aryl methyl sites for hydroxylation is 1. The predicted octanol–water partition coefficient (Wildman–Crippen LogP) is 3.87. The highest BCUT2D eigenvalue weighted by Crippen LogP contribution is 2.29. The molecule has 0 fully saturated rings. The monoisotopic (exact) mass is 444 g/mol. The van der Waals surface area contributed by atoms with Gasteiger partial charge in [0.2, 0.25) is 5.13 Å². The summed E-state index contributed by atoms with van der Waals surface area (Å²) >= 11 is 3.82. The highest BCUT2D eigenvalue weighted by Gasteiger charge is 2.19. The second-order valence-electron chi connectivity index (χ2n) is 6.33. The van der Waals surface area contributed by atoms with Crippen LogP contribution in [0.1, 0.15) is 27.2 Å². The largest absolute Gasteiger partial charge is 0.308 e. The minimum absolute atomic E-state index is 0.0784. The van der Waals surface area contributed by atoms with Crippen molar-refractivity contribution in [3.8, 4) is 0 Å². The van der Waals surface area contributed by atoms with E-state index in [1.165, 1.54) is 23.5 Å². The maximum atomic E-state index is 12.7. The third-order valence-electron chi connectivity index (χ3n) is 3.57. The molecule has 0 aliphatic rings. The molecule has 0 amide bonds. The average Bonchev–Trinajstić information content (AvgIpc) is 3.17. The first-order chi connectivity index (χ1) is 12.8. The van der Waals surface area contributed by atoms with Crippen molar-refractivity contribution in [1.82, 2.24) is 14.8 Å². The van der Waals surface area contributed by atoms with Gasteiger partial charge in [-0.3, -0.25) is 14.1 Å². The van der Waals surface area contributed by atoms with Gasteiger partial charge in [0, 0.05) is 12.3 Å². The fourth-order valence-electron chi connectivity index (χ4n) is 2.37. The molecule has 2 aromatic heterocycles. The third-order valence-corrected chi connectivity index (χ3v) is 8.37. The van der Waals surface area contributed by atoms with Gasteiger partial charge in [-0.05, 0) is 30.5 Å². The Bertz CT molecular complexity index is 1100. The molecule has 0 saturated carbocycles. The minimum atomic E-state index is -3.79. The number of benzene rings is 1. The number of hydrogen-bond acceptors (Lipinski definition) is 8. The van der Waals surface area contributed by atoms with Crippen LogP contribution in [0.15, 0.2) is 32.2 Å². The second-order valence-corrected chi connectivity index (χ2v) is 11.3. The quantitative estimate of drug-likeness (QED) is 0.530. The first-order valence-corrected chi connectivity index (χ1v) is 12.5. The molecule has 0 aliphatic carbocycles. The molecule has 0 aliphatic heterocycles. The highest BCUT2D eigenvalue weighted by molar-refractivity contribution is 8.01. The SMILES string of the molecule is CCCn1c(=O)sc2cc(S(=O)(=O)Nc3nnc(SCC(C)C)s3)ccc21. The summed E-state index contributed by atoms with van der Waals surface area (Å²) in [7, 11) is -3.79. The van der Waals surface area contributed by atoms with Crippen LogP contribution in [0.25, 0.3) is 10.2 Å². The standard InChI is InChI=1S/C16H20N4O3S4/c1-4-7-20-12-6-5-11(8-13(12)25-16(20)21)27(22,23)19-14-17-18-15(26-14)24-9-10(2)3/h5-6,8,10H,4,7,9H2,1-3H3,(H,17,19). The van der Waals surface area contributed by atoms with Gasteiger partial charge in [-0.1, -0.05) is 55.2 Å². The van der Waals surface area contributed by atoms with E-state index in [1.54, 1.807) is 22.4 Å². The van der Waals surface area contributed by atoms with Crippen molar-refractivity contribution in [2.45, 2.75) is 43.0 Å². The van der Waals surface area contributed by atoms with Gasteiger partial charge < -0.3 is 0 Å². The normalized spacial score (nSPS) is 12.1. The Morgan fingerprint density at radius 3 is 2.74 bits per heavy atom. The van der Waals surface area contributed by atoms with Crippen LogP contribution in [0.3, 0.4) is 0 Å². The van der Waals surface area contributed by atoms with Gasteiger partial charge in [-0.25, -0.2) is 8.42 Å². The van der Waals surface area contributed by atoms with Gasteiger partial charge >= 0.3 is 4.87 Å². The van der Waals surface area contributed by atoms with Gasteiger partial charge in [0.15, 0.2) is 4.34 Å². The molecule has 1 N–H and O–H groups in total. The molecule has 0 saturated heterocycles. The number of thiazole rings is 1. The van der Waals surface area contributed by atoms with E-state index in [-0.39, 0.29) is 14.9 Å². The summed E-state index contributed by atoms with van der Waals surface area (Å²) in [5.74, 6) is 1.41. The zero-order valence-corrected chi connectivity index (χ0v) is 18.4. The number of thioether (sulfide) groups is 1. The lowest BCUT2D eigenvalue weighted by atomic mass is 10.3. The Hall–Kier alpha value is -1.43. The van der Waals surface area contributed by atoms with Crippen LogP contribution in [0, 0.1) is 5.92 Å². The van der Waals surface area contributed by atoms with Gasteiger partial charge in [0.1, 0.15) is 0 Å². The molecular formula is C16H20N4O3S4. The third kappa shape index (κ3) is 4.71. The van der Waals surface area contributed by atoms with Gasteiger partial charge in [-0.2, -0.15) is 0 Å². The van der Waals surface area contributed by atoms with E-state index in [1.807, 2.05) is 6.92 Å². The average molecular weight is 445 g/mol. The smallest absolute Gasteiger partial charge is 0.299 e. The van der Waals surface area contributed by atoms with Gasteiger partial charge in [-0.15, -0.1) is 10.2 Å². The highest BCUT2D eigenvalue weighted by atomic mass is 32.2. The van der Waals surface area contributed by atoms with Crippen LogP contribution in [0.5, 0.6) is 0 Å². The molecule has 3 rings (SSSR count). The Balaban J connectivity index is 1.83. The second kappa shape index (κ2) is 8.29. The van der Waals surface area contributed by atoms with Crippen LogP contribution in [-0.4, -0.2) is 28.9 Å². The molecular weight excluding hydrogens is 424 g/mol. The summed E-state index contributed by atoms with van der Waals surface area (Å²) < 4.78 is 30.9.